The van der Waals surface area contributed by atoms with Crippen LogP contribution in [0.15, 0.2) is 48.5 Å². The van der Waals surface area contributed by atoms with Gasteiger partial charge in [0.2, 0.25) is 0 Å². The molecule has 23 heavy (non-hydrogen) atoms. The van der Waals surface area contributed by atoms with Crippen molar-refractivity contribution in [2.45, 2.75) is 25.8 Å². The van der Waals surface area contributed by atoms with E-state index in [1.165, 1.54) is 43.1 Å². The molecule has 1 fully saturated rings. The van der Waals surface area contributed by atoms with E-state index in [-0.39, 0.29) is 5.91 Å². The molecule has 0 unspecified atom stereocenters. The number of piperidine rings is 1. The van der Waals surface area contributed by atoms with Gasteiger partial charge in [-0.2, -0.15) is 0 Å². The smallest absolute Gasteiger partial charge is 0.251 e. The fourth-order valence-corrected chi connectivity index (χ4v) is 2.89. The summed E-state index contributed by atoms with van der Waals surface area (Å²) in [6.07, 6.45) is 3.83. The third-order valence-corrected chi connectivity index (χ3v) is 4.20. The Hall–Kier alpha value is -2.36. The summed E-state index contributed by atoms with van der Waals surface area (Å²) in [5, 5.41) is 2.82. The highest BCUT2D eigenvalue weighted by Crippen LogP contribution is 2.20. The van der Waals surface area contributed by atoms with Gasteiger partial charge in [-0.05, 0) is 55.2 Å². The minimum Gasteiger partial charge on any atom is -0.372 e. The van der Waals surface area contributed by atoms with Crippen molar-refractivity contribution in [2.75, 3.05) is 18.0 Å². The third-order valence-electron chi connectivity index (χ3n) is 4.20. The van der Waals surface area contributed by atoms with Gasteiger partial charge in [-0.25, -0.2) is 4.39 Å². The predicted molar refractivity (Wildman–Crippen MR) is 90.1 cm³/mol. The van der Waals surface area contributed by atoms with Crippen molar-refractivity contribution in [3.8, 4) is 0 Å². The largest absolute Gasteiger partial charge is 0.372 e. The summed E-state index contributed by atoms with van der Waals surface area (Å²) in [6.45, 7) is 2.68. The molecule has 0 aromatic heterocycles. The molecule has 0 atom stereocenters. The zero-order valence-corrected chi connectivity index (χ0v) is 13.1. The van der Waals surface area contributed by atoms with E-state index in [9.17, 15) is 9.18 Å². The molecular formula is C19H21FN2O. The van der Waals surface area contributed by atoms with Gasteiger partial charge in [0.05, 0.1) is 0 Å². The molecule has 1 N–H and O–H groups in total. The molecule has 0 bridgehead atoms. The first kappa shape index (κ1) is 15.5. The summed E-state index contributed by atoms with van der Waals surface area (Å²) in [4.78, 5) is 14.4. The van der Waals surface area contributed by atoms with Crippen molar-refractivity contribution < 1.29 is 9.18 Å². The molecular weight excluding hydrogens is 291 g/mol. The van der Waals surface area contributed by atoms with Crippen LogP contribution in [-0.2, 0) is 6.54 Å². The molecule has 3 rings (SSSR count). The Labute approximate surface area is 136 Å². The molecule has 1 amide bonds. The molecule has 0 radical (unpaired) electrons. The second-order valence-corrected chi connectivity index (χ2v) is 5.91. The molecule has 2 aromatic rings. The highest BCUT2D eigenvalue weighted by molar-refractivity contribution is 5.94. The van der Waals surface area contributed by atoms with Crippen LogP contribution in [0.4, 0.5) is 10.1 Å². The van der Waals surface area contributed by atoms with Crippen molar-refractivity contribution in [3.63, 3.8) is 0 Å². The number of nitrogens with zero attached hydrogens (tertiary/aromatic N) is 1. The Morgan fingerprint density at radius 2 is 1.78 bits per heavy atom. The normalized spacial score (nSPS) is 14.6. The second kappa shape index (κ2) is 7.27. The summed E-state index contributed by atoms with van der Waals surface area (Å²) in [6, 6.07) is 14.0. The van der Waals surface area contributed by atoms with Gasteiger partial charge in [-0.1, -0.05) is 18.2 Å². The molecule has 1 aliphatic heterocycles. The summed E-state index contributed by atoms with van der Waals surface area (Å²) in [5.41, 5.74) is 2.62. The Balaban J connectivity index is 1.57. The summed E-state index contributed by atoms with van der Waals surface area (Å²) < 4.78 is 13.1. The van der Waals surface area contributed by atoms with Crippen LogP contribution in [0.5, 0.6) is 0 Å². The highest BCUT2D eigenvalue weighted by Gasteiger charge is 2.11. The lowest BCUT2D eigenvalue weighted by Crippen LogP contribution is -2.29. The van der Waals surface area contributed by atoms with Crippen molar-refractivity contribution in [1.82, 2.24) is 5.32 Å². The number of benzene rings is 2. The SMILES string of the molecule is O=C(NCc1ccc(N2CCCCC2)cc1)c1cccc(F)c1. The Kier molecular flexibility index (Phi) is 4.91. The van der Waals surface area contributed by atoms with E-state index in [1.807, 2.05) is 12.1 Å². The minimum absolute atomic E-state index is 0.260. The van der Waals surface area contributed by atoms with E-state index < -0.39 is 5.82 Å². The number of nitrogens with one attached hydrogen (secondary N) is 1. The van der Waals surface area contributed by atoms with E-state index in [0.717, 1.165) is 18.7 Å². The lowest BCUT2D eigenvalue weighted by atomic mass is 10.1. The predicted octanol–water partition coefficient (Wildman–Crippen LogP) is 3.75. The summed E-state index contributed by atoms with van der Waals surface area (Å²) in [7, 11) is 0. The molecule has 120 valence electrons. The Bertz CT molecular complexity index is 663. The fourth-order valence-electron chi connectivity index (χ4n) is 2.89. The number of anilines is 1. The van der Waals surface area contributed by atoms with Crippen LogP contribution in [0, 0.1) is 5.82 Å². The first-order valence-electron chi connectivity index (χ1n) is 8.10. The number of rotatable bonds is 4. The van der Waals surface area contributed by atoms with E-state index in [1.54, 1.807) is 6.07 Å². The molecule has 1 aliphatic rings. The van der Waals surface area contributed by atoms with Crippen LogP contribution >= 0.6 is 0 Å². The fraction of sp³-hybridized carbons (Fsp3) is 0.316. The zero-order valence-electron chi connectivity index (χ0n) is 13.1. The topological polar surface area (TPSA) is 32.3 Å². The van der Waals surface area contributed by atoms with Gasteiger partial charge in [0.15, 0.2) is 0 Å². The van der Waals surface area contributed by atoms with Gasteiger partial charge in [0, 0.05) is 30.9 Å². The first-order valence-corrected chi connectivity index (χ1v) is 8.10. The van der Waals surface area contributed by atoms with E-state index in [4.69, 9.17) is 0 Å². The van der Waals surface area contributed by atoms with E-state index >= 15 is 0 Å². The van der Waals surface area contributed by atoms with E-state index in [2.05, 4.69) is 22.3 Å². The van der Waals surface area contributed by atoms with Gasteiger partial charge >= 0.3 is 0 Å². The Morgan fingerprint density at radius 3 is 2.48 bits per heavy atom. The molecule has 0 spiro atoms. The number of carbonyl (C=O) groups excluding carboxylic acids is 1. The molecule has 1 saturated heterocycles. The van der Waals surface area contributed by atoms with E-state index in [0.29, 0.717) is 12.1 Å². The van der Waals surface area contributed by atoms with Gasteiger partial charge in [-0.3, -0.25) is 4.79 Å². The number of amides is 1. The first-order chi connectivity index (χ1) is 11.2. The maximum absolute atomic E-state index is 13.1. The molecule has 0 saturated carbocycles. The Morgan fingerprint density at radius 1 is 1.04 bits per heavy atom. The molecule has 2 aromatic carbocycles. The van der Waals surface area contributed by atoms with Crippen molar-refractivity contribution in [3.05, 3.63) is 65.5 Å². The second-order valence-electron chi connectivity index (χ2n) is 5.91. The zero-order chi connectivity index (χ0) is 16.1. The standard InChI is InChI=1S/C19H21FN2O/c20-17-6-4-5-16(13-17)19(23)21-14-15-7-9-18(10-8-15)22-11-2-1-3-12-22/h4-10,13H,1-3,11-12,14H2,(H,21,23). The minimum atomic E-state index is -0.400. The van der Waals surface area contributed by atoms with Gasteiger partial charge in [0.25, 0.3) is 5.91 Å². The number of carbonyl (C=O) groups is 1. The van der Waals surface area contributed by atoms with Crippen LogP contribution in [0.25, 0.3) is 0 Å². The third kappa shape index (κ3) is 4.09. The van der Waals surface area contributed by atoms with Gasteiger partial charge in [0.1, 0.15) is 5.82 Å². The van der Waals surface area contributed by atoms with Gasteiger partial charge in [-0.15, -0.1) is 0 Å². The van der Waals surface area contributed by atoms with Crippen LogP contribution in [0.1, 0.15) is 35.2 Å². The number of hydrogen-bond acceptors (Lipinski definition) is 2. The summed E-state index contributed by atoms with van der Waals surface area (Å²) >= 11 is 0. The maximum atomic E-state index is 13.1. The van der Waals surface area contributed by atoms with Crippen molar-refractivity contribution in [2.24, 2.45) is 0 Å². The maximum Gasteiger partial charge on any atom is 0.251 e. The quantitative estimate of drug-likeness (QED) is 0.932. The molecule has 0 aliphatic carbocycles. The highest BCUT2D eigenvalue weighted by atomic mass is 19.1. The van der Waals surface area contributed by atoms with Crippen molar-refractivity contribution >= 4 is 11.6 Å². The molecule has 1 heterocycles. The summed E-state index contributed by atoms with van der Waals surface area (Å²) in [5.74, 6) is -0.659. The average molecular weight is 312 g/mol. The molecule has 4 heteroatoms. The van der Waals surface area contributed by atoms with Crippen LogP contribution in [-0.4, -0.2) is 19.0 Å². The van der Waals surface area contributed by atoms with Crippen LogP contribution in [0.3, 0.4) is 0 Å². The number of hydrogen-bond donors (Lipinski definition) is 1. The molecule has 3 nitrogen and oxygen atoms in total. The van der Waals surface area contributed by atoms with Crippen molar-refractivity contribution in [1.29, 1.82) is 0 Å². The van der Waals surface area contributed by atoms with Crippen LogP contribution in [0.2, 0.25) is 0 Å². The lowest BCUT2D eigenvalue weighted by Gasteiger charge is -2.28. The lowest BCUT2D eigenvalue weighted by molar-refractivity contribution is 0.0950. The average Bonchev–Trinajstić information content (AvgIpc) is 2.61. The monoisotopic (exact) mass is 312 g/mol. The number of halogens is 1. The van der Waals surface area contributed by atoms with Gasteiger partial charge < -0.3 is 10.2 Å². The van der Waals surface area contributed by atoms with Crippen LogP contribution < -0.4 is 10.2 Å².